The van der Waals surface area contributed by atoms with Gasteiger partial charge < -0.3 is 5.73 Å². The van der Waals surface area contributed by atoms with E-state index in [0.717, 1.165) is 0 Å². The molecule has 0 saturated heterocycles. The molecule has 1 aromatic carbocycles. The van der Waals surface area contributed by atoms with Crippen LogP contribution in [0.15, 0.2) is 24.3 Å². The summed E-state index contributed by atoms with van der Waals surface area (Å²) in [6, 6.07) is 6.57. The van der Waals surface area contributed by atoms with Crippen LogP contribution < -0.4 is 5.73 Å². The predicted molar refractivity (Wildman–Crippen MR) is 61.1 cm³/mol. The van der Waals surface area contributed by atoms with E-state index >= 15 is 0 Å². The van der Waals surface area contributed by atoms with Crippen LogP contribution in [0.5, 0.6) is 0 Å². The molecule has 0 saturated carbocycles. The standard InChI is InChI=1S/C11H14FNOS/c1-7(15-8(2)11(13)14)9-5-3-4-6-10(9)12/h3-8H,1-2H3,(H2,13,14)/t7-,8+/m1/s1. The number of hydrogen-bond acceptors (Lipinski definition) is 2. The second-order valence-corrected chi connectivity index (χ2v) is 5.03. The number of benzene rings is 1. The first-order valence-corrected chi connectivity index (χ1v) is 5.66. The molecule has 0 radical (unpaired) electrons. The summed E-state index contributed by atoms with van der Waals surface area (Å²) in [6.07, 6.45) is 0. The number of carbonyl (C=O) groups is 1. The van der Waals surface area contributed by atoms with Crippen molar-refractivity contribution in [1.82, 2.24) is 0 Å². The number of hydrogen-bond donors (Lipinski definition) is 1. The maximum absolute atomic E-state index is 13.4. The van der Waals surface area contributed by atoms with Gasteiger partial charge in [0, 0.05) is 10.8 Å². The van der Waals surface area contributed by atoms with Crippen molar-refractivity contribution in [3.8, 4) is 0 Å². The molecule has 0 bridgehead atoms. The van der Waals surface area contributed by atoms with Gasteiger partial charge in [-0.15, -0.1) is 11.8 Å². The van der Waals surface area contributed by atoms with Crippen LogP contribution >= 0.6 is 11.8 Å². The Labute approximate surface area is 93.0 Å². The molecule has 0 unspecified atom stereocenters. The molecule has 1 aromatic rings. The summed E-state index contributed by atoms with van der Waals surface area (Å²) in [5.74, 6) is -0.614. The third-order valence-electron chi connectivity index (χ3n) is 2.15. The first-order valence-electron chi connectivity index (χ1n) is 4.71. The number of thioether (sulfide) groups is 1. The number of primary amides is 1. The van der Waals surface area contributed by atoms with Gasteiger partial charge in [0.1, 0.15) is 5.82 Å². The lowest BCUT2D eigenvalue weighted by Crippen LogP contribution is -2.23. The van der Waals surface area contributed by atoms with E-state index in [-0.39, 0.29) is 22.2 Å². The SMILES string of the molecule is C[C@H](S[C@H](C)c1ccccc1F)C(N)=O. The van der Waals surface area contributed by atoms with E-state index in [2.05, 4.69) is 0 Å². The molecule has 0 aromatic heterocycles. The highest BCUT2D eigenvalue weighted by atomic mass is 32.2. The van der Waals surface area contributed by atoms with Crippen LogP contribution in [-0.2, 0) is 4.79 Å². The van der Waals surface area contributed by atoms with Gasteiger partial charge >= 0.3 is 0 Å². The van der Waals surface area contributed by atoms with Gasteiger partial charge in [0.15, 0.2) is 0 Å². The monoisotopic (exact) mass is 227 g/mol. The molecule has 2 atom stereocenters. The van der Waals surface area contributed by atoms with Crippen molar-refractivity contribution in [3.05, 3.63) is 35.6 Å². The minimum atomic E-state index is -0.372. The molecule has 1 amide bonds. The Bertz CT molecular complexity index is 356. The summed E-state index contributed by atoms with van der Waals surface area (Å²) in [6.45, 7) is 3.59. The zero-order valence-corrected chi connectivity index (χ0v) is 9.55. The Balaban J connectivity index is 2.73. The van der Waals surface area contributed by atoms with Gasteiger partial charge in [-0.2, -0.15) is 0 Å². The van der Waals surface area contributed by atoms with Crippen LogP contribution in [0.2, 0.25) is 0 Å². The molecule has 15 heavy (non-hydrogen) atoms. The molecule has 0 aliphatic rings. The van der Waals surface area contributed by atoms with Gasteiger partial charge in [-0.3, -0.25) is 4.79 Å². The third kappa shape index (κ3) is 3.23. The highest BCUT2D eigenvalue weighted by Crippen LogP contribution is 2.32. The number of nitrogens with two attached hydrogens (primary N) is 1. The molecule has 4 heteroatoms. The van der Waals surface area contributed by atoms with Crippen molar-refractivity contribution >= 4 is 17.7 Å². The lowest BCUT2D eigenvalue weighted by atomic mass is 10.1. The van der Waals surface area contributed by atoms with E-state index < -0.39 is 0 Å². The molecule has 0 aliphatic carbocycles. The third-order valence-corrected chi connectivity index (χ3v) is 3.45. The van der Waals surface area contributed by atoms with Gasteiger partial charge in [0.25, 0.3) is 0 Å². The molecular weight excluding hydrogens is 213 g/mol. The van der Waals surface area contributed by atoms with E-state index in [1.807, 2.05) is 6.92 Å². The molecule has 0 heterocycles. The molecule has 2 nitrogen and oxygen atoms in total. The van der Waals surface area contributed by atoms with E-state index in [1.165, 1.54) is 17.8 Å². The fraction of sp³-hybridized carbons (Fsp3) is 0.364. The fourth-order valence-corrected chi connectivity index (χ4v) is 2.34. The molecule has 82 valence electrons. The van der Waals surface area contributed by atoms with Crippen LogP contribution in [0.3, 0.4) is 0 Å². The predicted octanol–water partition coefficient (Wildman–Crippen LogP) is 2.49. The van der Waals surface area contributed by atoms with Crippen LogP contribution in [0.1, 0.15) is 24.7 Å². The average molecular weight is 227 g/mol. The Morgan fingerprint density at radius 2 is 2.00 bits per heavy atom. The van der Waals surface area contributed by atoms with E-state index in [4.69, 9.17) is 5.73 Å². The van der Waals surface area contributed by atoms with Crippen molar-refractivity contribution in [2.24, 2.45) is 5.73 Å². The van der Waals surface area contributed by atoms with Crippen LogP contribution in [-0.4, -0.2) is 11.2 Å². The summed E-state index contributed by atoms with van der Waals surface area (Å²) in [5.41, 5.74) is 5.75. The zero-order chi connectivity index (χ0) is 11.4. The first kappa shape index (κ1) is 12.0. The van der Waals surface area contributed by atoms with Gasteiger partial charge in [-0.25, -0.2) is 4.39 Å². The van der Waals surface area contributed by atoms with E-state index in [1.54, 1.807) is 25.1 Å². The van der Waals surface area contributed by atoms with Crippen molar-refractivity contribution in [3.63, 3.8) is 0 Å². The van der Waals surface area contributed by atoms with Gasteiger partial charge in [0.05, 0.1) is 5.25 Å². The number of rotatable bonds is 4. The van der Waals surface area contributed by atoms with Crippen LogP contribution in [0, 0.1) is 5.82 Å². The summed E-state index contributed by atoms with van der Waals surface area (Å²) >= 11 is 1.36. The Morgan fingerprint density at radius 1 is 1.40 bits per heavy atom. The van der Waals surface area contributed by atoms with Crippen molar-refractivity contribution in [2.45, 2.75) is 24.3 Å². The van der Waals surface area contributed by atoms with E-state index in [9.17, 15) is 9.18 Å². The second kappa shape index (κ2) is 5.16. The summed E-state index contributed by atoms with van der Waals surface area (Å²) < 4.78 is 13.4. The van der Waals surface area contributed by atoms with Crippen molar-refractivity contribution in [2.75, 3.05) is 0 Å². The molecule has 0 aliphatic heterocycles. The maximum Gasteiger partial charge on any atom is 0.230 e. The van der Waals surface area contributed by atoms with Crippen molar-refractivity contribution < 1.29 is 9.18 Å². The zero-order valence-electron chi connectivity index (χ0n) is 8.74. The minimum Gasteiger partial charge on any atom is -0.369 e. The van der Waals surface area contributed by atoms with Gasteiger partial charge in [0.2, 0.25) is 5.91 Å². The highest BCUT2D eigenvalue weighted by Gasteiger charge is 2.17. The van der Waals surface area contributed by atoms with Gasteiger partial charge in [-0.05, 0) is 19.9 Å². The smallest absolute Gasteiger partial charge is 0.230 e. The molecule has 2 N–H and O–H groups in total. The molecular formula is C11H14FNOS. The average Bonchev–Trinajstić information content (AvgIpc) is 2.18. The largest absolute Gasteiger partial charge is 0.369 e. The first-order chi connectivity index (χ1) is 7.02. The minimum absolute atomic E-state index is 0.0753. The topological polar surface area (TPSA) is 43.1 Å². The summed E-state index contributed by atoms with van der Waals surface area (Å²) in [5, 5.41) is -0.381. The lowest BCUT2D eigenvalue weighted by molar-refractivity contribution is -0.117. The fourth-order valence-electron chi connectivity index (χ4n) is 1.25. The molecule has 1 rings (SSSR count). The Hall–Kier alpha value is -1.03. The van der Waals surface area contributed by atoms with Crippen molar-refractivity contribution in [1.29, 1.82) is 0 Å². The highest BCUT2D eigenvalue weighted by molar-refractivity contribution is 8.00. The molecule has 0 spiro atoms. The second-order valence-electron chi connectivity index (χ2n) is 3.34. The summed E-state index contributed by atoms with van der Waals surface area (Å²) in [4.78, 5) is 10.9. The quantitative estimate of drug-likeness (QED) is 0.858. The maximum atomic E-state index is 13.4. The Kier molecular flexibility index (Phi) is 4.15. The normalized spacial score (nSPS) is 14.6. The van der Waals surface area contributed by atoms with Crippen LogP contribution in [0.4, 0.5) is 4.39 Å². The number of carbonyl (C=O) groups excluding carboxylic acids is 1. The summed E-state index contributed by atoms with van der Waals surface area (Å²) in [7, 11) is 0. The Morgan fingerprint density at radius 3 is 2.53 bits per heavy atom. The number of amides is 1. The lowest BCUT2D eigenvalue weighted by Gasteiger charge is -2.15. The number of halogens is 1. The van der Waals surface area contributed by atoms with Crippen LogP contribution in [0.25, 0.3) is 0 Å². The van der Waals surface area contributed by atoms with Gasteiger partial charge in [-0.1, -0.05) is 18.2 Å². The van der Waals surface area contributed by atoms with E-state index in [0.29, 0.717) is 5.56 Å². The molecule has 0 fully saturated rings.